The van der Waals surface area contributed by atoms with Crippen molar-refractivity contribution in [3.05, 3.63) is 24.3 Å². The normalized spacial score (nSPS) is 25.0. The SMILES string of the molecule is NC1CCCCC1Nc1nc2ccccc2o1. The van der Waals surface area contributed by atoms with Crippen LogP contribution in [0.3, 0.4) is 0 Å². The molecule has 2 atom stereocenters. The van der Waals surface area contributed by atoms with Gasteiger partial charge in [0.15, 0.2) is 5.58 Å². The summed E-state index contributed by atoms with van der Waals surface area (Å²) in [7, 11) is 0. The Morgan fingerprint density at radius 1 is 1.24 bits per heavy atom. The van der Waals surface area contributed by atoms with Crippen molar-refractivity contribution >= 4 is 17.1 Å². The molecule has 0 saturated heterocycles. The molecular formula is C13H17N3O. The Balaban J connectivity index is 1.79. The van der Waals surface area contributed by atoms with Crippen LogP contribution >= 0.6 is 0 Å². The van der Waals surface area contributed by atoms with Crippen LogP contribution in [0.15, 0.2) is 28.7 Å². The van der Waals surface area contributed by atoms with Crippen LogP contribution in [0.5, 0.6) is 0 Å². The van der Waals surface area contributed by atoms with E-state index in [9.17, 15) is 0 Å². The van der Waals surface area contributed by atoms with Gasteiger partial charge in [-0.1, -0.05) is 25.0 Å². The van der Waals surface area contributed by atoms with Gasteiger partial charge >= 0.3 is 0 Å². The Morgan fingerprint density at radius 2 is 2.06 bits per heavy atom. The topological polar surface area (TPSA) is 64.1 Å². The molecule has 1 saturated carbocycles. The zero-order valence-corrected chi connectivity index (χ0v) is 9.73. The van der Waals surface area contributed by atoms with Crippen LogP contribution in [0.2, 0.25) is 0 Å². The fourth-order valence-corrected chi connectivity index (χ4v) is 2.43. The summed E-state index contributed by atoms with van der Waals surface area (Å²) in [6.07, 6.45) is 4.64. The zero-order chi connectivity index (χ0) is 11.7. The maximum absolute atomic E-state index is 6.09. The number of fused-ring (bicyclic) bond motifs is 1. The second-order valence-corrected chi connectivity index (χ2v) is 4.69. The summed E-state index contributed by atoms with van der Waals surface area (Å²) >= 11 is 0. The van der Waals surface area contributed by atoms with Gasteiger partial charge in [0.05, 0.1) is 0 Å². The van der Waals surface area contributed by atoms with Crippen LogP contribution in [0.1, 0.15) is 25.7 Å². The Kier molecular flexibility index (Phi) is 2.73. The van der Waals surface area contributed by atoms with E-state index in [1.165, 1.54) is 12.8 Å². The lowest BCUT2D eigenvalue weighted by Crippen LogP contribution is -2.42. The van der Waals surface area contributed by atoms with Gasteiger partial charge in [0.2, 0.25) is 0 Å². The van der Waals surface area contributed by atoms with E-state index in [1.807, 2.05) is 24.3 Å². The fraction of sp³-hybridized carbons (Fsp3) is 0.462. The number of hydrogen-bond acceptors (Lipinski definition) is 4. The van der Waals surface area contributed by atoms with Crippen molar-refractivity contribution in [1.29, 1.82) is 0 Å². The van der Waals surface area contributed by atoms with Gasteiger partial charge in [-0.3, -0.25) is 0 Å². The number of aromatic nitrogens is 1. The van der Waals surface area contributed by atoms with E-state index >= 15 is 0 Å². The zero-order valence-electron chi connectivity index (χ0n) is 9.73. The van der Waals surface area contributed by atoms with Gasteiger partial charge in [-0.2, -0.15) is 4.98 Å². The number of rotatable bonds is 2. The quantitative estimate of drug-likeness (QED) is 0.833. The third-order valence-corrected chi connectivity index (χ3v) is 3.42. The van der Waals surface area contributed by atoms with E-state index < -0.39 is 0 Å². The maximum atomic E-state index is 6.09. The number of nitrogens with two attached hydrogens (primary N) is 1. The Hall–Kier alpha value is -1.55. The average Bonchev–Trinajstić information content (AvgIpc) is 2.74. The molecule has 2 unspecified atom stereocenters. The number of anilines is 1. The molecule has 0 spiro atoms. The molecule has 1 aromatic carbocycles. The Morgan fingerprint density at radius 3 is 2.88 bits per heavy atom. The van der Waals surface area contributed by atoms with Crippen LogP contribution in [0.4, 0.5) is 6.01 Å². The van der Waals surface area contributed by atoms with Crippen LogP contribution < -0.4 is 11.1 Å². The first-order valence-electron chi connectivity index (χ1n) is 6.20. The third kappa shape index (κ3) is 2.13. The highest BCUT2D eigenvalue weighted by atomic mass is 16.4. The minimum Gasteiger partial charge on any atom is -0.424 e. The monoisotopic (exact) mass is 231 g/mol. The molecule has 0 aliphatic heterocycles. The second-order valence-electron chi connectivity index (χ2n) is 4.69. The van der Waals surface area contributed by atoms with Crippen LogP contribution in [-0.4, -0.2) is 17.1 Å². The molecule has 0 amide bonds. The van der Waals surface area contributed by atoms with E-state index in [-0.39, 0.29) is 12.1 Å². The number of hydrogen-bond donors (Lipinski definition) is 2. The lowest BCUT2D eigenvalue weighted by molar-refractivity contribution is 0.396. The first-order chi connectivity index (χ1) is 8.33. The summed E-state index contributed by atoms with van der Waals surface area (Å²) < 4.78 is 5.64. The number of para-hydroxylation sites is 2. The van der Waals surface area contributed by atoms with E-state index in [4.69, 9.17) is 10.2 Å². The van der Waals surface area contributed by atoms with E-state index in [1.54, 1.807) is 0 Å². The van der Waals surface area contributed by atoms with Gasteiger partial charge in [-0.15, -0.1) is 0 Å². The van der Waals surface area contributed by atoms with Crippen LogP contribution in [-0.2, 0) is 0 Å². The Labute approximate surface area is 100 Å². The van der Waals surface area contributed by atoms with Crippen molar-refractivity contribution in [2.45, 2.75) is 37.8 Å². The van der Waals surface area contributed by atoms with Gasteiger partial charge < -0.3 is 15.5 Å². The summed E-state index contributed by atoms with van der Waals surface area (Å²) in [6, 6.07) is 8.87. The van der Waals surface area contributed by atoms with Crippen molar-refractivity contribution in [3.63, 3.8) is 0 Å². The average molecular weight is 231 g/mol. The third-order valence-electron chi connectivity index (χ3n) is 3.42. The summed E-state index contributed by atoms with van der Waals surface area (Å²) in [5, 5.41) is 3.32. The van der Waals surface area contributed by atoms with Gasteiger partial charge in [0.25, 0.3) is 6.01 Å². The van der Waals surface area contributed by atoms with Crippen molar-refractivity contribution in [3.8, 4) is 0 Å². The fourth-order valence-electron chi connectivity index (χ4n) is 2.43. The van der Waals surface area contributed by atoms with E-state index in [0.717, 1.165) is 23.9 Å². The van der Waals surface area contributed by atoms with E-state index in [2.05, 4.69) is 10.3 Å². The summed E-state index contributed by atoms with van der Waals surface area (Å²) in [6.45, 7) is 0. The molecule has 1 aliphatic rings. The smallest absolute Gasteiger partial charge is 0.295 e. The minimum absolute atomic E-state index is 0.207. The summed E-state index contributed by atoms with van der Waals surface area (Å²) in [4.78, 5) is 4.41. The molecule has 0 bridgehead atoms. The highest BCUT2D eigenvalue weighted by molar-refractivity contribution is 5.74. The molecule has 1 aliphatic carbocycles. The largest absolute Gasteiger partial charge is 0.424 e. The van der Waals surface area contributed by atoms with E-state index in [0.29, 0.717) is 6.01 Å². The number of nitrogens with one attached hydrogen (secondary N) is 1. The number of nitrogens with zero attached hydrogens (tertiary/aromatic N) is 1. The highest BCUT2D eigenvalue weighted by Gasteiger charge is 2.22. The lowest BCUT2D eigenvalue weighted by Gasteiger charge is -2.28. The molecular weight excluding hydrogens is 214 g/mol. The van der Waals surface area contributed by atoms with Crippen molar-refractivity contribution in [2.24, 2.45) is 5.73 Å². The molecule has 90 valence electrons. The molecule has 4 nitrogen and oxygen atoms in total. The van der Waals surface area contributed by atoms with Gasteiger partial charge in [-0.25, -0.2) is 0 Å². The molecule has 1 heterocycles. The minimum atomic E-state index is 0.207. The lowest BCUT2D eigenvalue weighted by atomic mass is 9.91. The highest BCUT2D eigenvalue weighted by Crippen LogP contribution is 2.23. The number of benzene rings is 1. The van der Waals surface area contributed by atoms with Crippen molar-refractivity contribution in [1.82, 2.24) is 4.98 Å². The maximum Gasteiger partial charge on any atom is 0.295 e. The molecule has 1 aromatic heterocycles. The van der Waals surface area contributed by atoms with Crippen molar-refractivity contribution < 1.29 is 4.42 Å². The predicted octanol–water partition coefficient (Wildman–Crippen LogP) is 2.51. The summed E-state index contributed by atoms with van der Waals surface area (Å²) in [5.41, 5.74) is 7.80. The molecule has 4 heteroatoms. The van der Waals surface area contributed by atoms with Crippen LogP contribution in [0.25, 0.3) is 11.1 Å². The van der Waals surface area contributed by atoms with Crippen LogP contribution in [0, 0.1) is 0 Å². The first-order valence-corrected chi connectivity index (χ1v) is 6.20. The van der Waals surface area contributed by atoms with Gasteiger partial charge in [-0.05, 0) is 25.0 Å². The second kappa shape index (κ2) is 4.37. The molecule has 2 aromatic rings. The molecule has 3 N–H and O–H groups in total. The molecule has 0 radical (unpaired) electrons. The molecule has 3 rings (SSSR count). The molecule has 1 fully saturated rings. The molecule has 17 heavy (non-hydrogen) atoms. The van der Waals surface area contributed by atoms with Crippen molar-refractivity contribution in [2.75, 3.05) is 5.32 Å². The Bertz CT molecular complexity index is 475. The van der Waals surface area contributed by atoms with Gasteiger partial charge in [0, 0.05) is 12.1 Å². The van der Waals surface area contributed by atoms with Gasteiger partial charge in [0.1, 0.15) is 5.52 Å². The first kappa shape index (κ1) is 10.6. The number of oxazole rings is 1. The standard InChI is InChI=1S/C13H17N3O/c14-9-5-1-2-6-10(9)15-13-16-11-7-3-4-8-12(11)17-13/h3-4,7-10H,1-2,5-6,14H2,(H,15,16). The predicted molar refractivity (Wildman–Crippen MR) is 67.9 cm³/mol. The summed E-state index contributed by atoms with van der Waals surface area (Å²) in [5.74, 6) is 0.